The van der Waals surface area contributed by atoms with Gasteiger partial charge in [-0.1, -0.05) is 28.1 Å². The second kappa shape index (κ2) is 6.17. The third-order valence-electron chi connectivity index (χ3n) is 4.20. The molecule has 0 amide bonds. The Morgan fingerprint density at radius 3 is 2.15 bits per heavy atom. The van der Waals surface area contributed by atoms with Crippen LogP contribution in [0.3, 0.4) is 0 Å². The predicted molar refractivity (Wildman–Crippen MR) is 87.6 cm³/mol. The van der Waals surface area contributed by atoms with Crippen LogP contribution in [0.4, 0.5) is 0 Å². The first-order valence-electron chi connectivity index (χ1n) is 7.49. The Hall–Kier alpha value is -0.380. The van der Waals surface area contributed by atoms with E-state index in [1.54, 1.807) is 0 Å². The number of hydrogen-bond donors (Lipinski definition) is 0. The molecular weight excluding hydrogens is 314 g/mol. The molecule has 2 nitrogen and oxygen atoms in total. The van der Waals surface area contributed by atoms with Crippen molar-refractivity contribution >= 4 is 15.9 Å². The van der Waals surface area contributed by atoms with Gasteiger partial charge in [0.15, 0.2) is 0 Å². The number of nitrogens with zero attached hydrogens (tertiary/aromatic N) is 1. The lowest BCUT2D eigenvalue weighted by Gasteiger charge is -2.51. The summed E-state index contributed by atoms with van der Waals surface area (Å²) < 4.78 is 1.13. The third-order valence-corrected chi connectivity index (χ3v) is 4.73. The van der Waals surface area contributed by atoms with Crippen LogP contribution in [-0.2, 0) is 11.3 Å². The van der Waals surface area contributed by atoms with E-state index in [9.17, 15) is 0 Å². The summed E-state index contributed by atoms with van der Waals surface area (Å²) in [7, 11) is 0. The van der Waals surface area contributed by atoms with Crippen LogP contribution < -0.4 is 0 Å². The molecule has 3 heteroatoms. The summed E-state index contributed by atoms with van der Waals surface area (Å²) in [5.74, 6) is 0. The van der Waals surface area contributed by atoms with Gasteiger partial charge in [-0.05, 0) is 71.1 Å². The number of benzene rings is 1. The highest BCUT2D eigenvalue weighted by molar-refractivity contribution is 9.10. The maximum absolute atomic E-state index is 6.17. The smallest absolute Gasteiger partial charge is 0.0725 e. The van der Waals surface area contributed by atoms with Crippen molar-refractivity contribution in [3.8, 4) is 0 Å². The fourth-order valence-corrected chi connectivity index (χ4v) is 3.50. The second-order valence-electron chi connectivity index (χ2n) is 6.98. The maximum atomic E-state index is 6.17. The van der Waals surface area contributed by atoms with Crippen molar-refractivity contribution in [2.75, 3.05) is 6.61 Å². The third kappa shape index (κ3) is 3.84. The predicted octanol–water partition coefficient (Wildman–Crippen LogP) is 4.97. The molecule has 20 heavy (non-hydrogen) atoms. The molecule has 1 aromatic carbocycles. The summed E-state index contributed by atoms with van der Waals surface area (Å²) in [6.45, 7) is 9.89. The van der Waals surface area contributed by atoms with Gasteiger partial charge in [-0.25, -0.2) is 0 Å². The molecule has 1 saturated heterocycles. The van der Waals surface area contributed by atoms with Gasteiger partial charge >= 0.3 is 0 Å². The normalized spacial score (nSPS) is 21.9. The fourth-order valence-electron chi connectivity index (χ4n) is 3.23. The standard InChI is InChI=1S/C17H26BrNO/c1-16(2)11-5-12-17(3,4)19(16)20-13-10-14-6-8-15(18)9-7-14/h6-9H,5,10-13H2,1-4H3. The van der Waals surface area contributed by atoms with Crippen molar-refractivity contribution in [3.05, 3.63) is 34.3 Å². The van der Waals surface area contributed by atoms with Crippen LogP contribution in [-0.4, -0.2) is 22.7 Å². The minimum atomic E-state index is 0.126. The van der Waals surface area contributed by atoms with Crippen molar-refractivity contribution < 1.29 is 4.84 Å². The van der Waals surface area contributed by atoms with Gasteiger partial charge in [-0.15, -0.1) is 0 Å². The van der Waals surface area contributed by atoms with E-state index in [1.807, 2.05) is 0 Å². The van der Waals surface area contributed by atoms with Crippen LogP contribution in [0.2, 0.25) is 0 Å². The molecule has 1 aromatic rings. The van der Waals surface area contributed by atoms with E-state index in [-0.39, 0.29) is 11.1 Å². The summed E-state index contributed by atoms with van der Waals surface area (Å²) in [6, 6.07) is 8.48. The van der Waals surface area contributed by atoms with Crippen molar-refractivity contribution in [1.29, 1.82) is 0 Å². The monoisotopic (exact) mass is 339 g/mol. The van der Waals surface area contributed by atoms with E-state index in [2.05, 4.69) is 73.0 Å². The van der Waals surface area contributed by atoms with Crippen LogP contribution in [0.1, 0.15) is 52.5 Å². The lowest BCUT2D eigenvalue weighted by atomic mass is 9.82. The van der Waals surface area contributed by atoms with Gasteiger partial charge < -0.3 is 0 Å². The lowest BCUT2D eigenvalue weighted by Crippen LogP contribution is -2.58. The molecule has 0 aliphatic carbocycles. The molecule has 0 unspecified atom stereocenters. The zero-order valence-corrected chi connectivity index (χ0v) is 14.7. The Bertz CT molecular complexity index is 423. The van der Waals surface area contributed by atoms with Crippen molar-refractivity contribution in [3.63, 3.8) is 0 Å². The number of piperidine rings is 1. The quantitative estimate of drug-likeness (QED) is 0.768. The fraction of sp³-hybridized carbons (Fsp3) is 0.647. The van der Waals surface area contributed by atoms with Crippen LogP contribution >= 0.6 is 15.9 Å². The van der Waals surface area contributed by atoms with Gasteiger partial charge in [0.1, 0.15) is 0 Å². The first-order chi connectivity index (χ1) is 9.31. The largest absolute Gasteiger partial charge is 0.298 e. The van der Waals surface area contributed by atoms with E-state index in [0.717, 1.165) is 17.5 Å². The lowest BCUT2D eigenvalue weighted by molar-refractivity contribution is -0.280. The number of hydroxylamine groups is 2. The molecule has 1 aliphatic rings. The molecule has 0 spiro atoms. The molecule has 0 saturated carbocycles. The van der Waals surface area contributed by atoms with Crippen molar-refractivity contribution in [2.24, 2.45) is 0 Å². The Morgan fingerprint density at radius 1 is 1.05 bits per heavy atom. The highest BCUT2D eigenvalue weighted by atomic mass is 79.9. The van der Waals surface area contributed by atoms with Crippen LogP contribution in [0.15, 0.2) is 28.7 Å². The Labute approximate surface area is 131 Å². The second-order valence-corrected chi connectivity index (χ2v) is 7.90. The van der Waals surface area contributed by atoms with Crippen molar-refractivity contribution in [2.45, 2.75) is 64.5 Å². The minimum Gasteiger partial charge on any atom is -0.298 e. The van der Waals surface area contributed by atoms with E-state index >= 15 is 0 Å². The summed E-state index contributed by atoms with van der Waals surface area (Å²) in [4.78, 5) is 6.17. The van der Waals surface area contributed by atoms with E-state index in [1.165, 1.54) is 24.8 Å². The van der Waals surface area contributed by atoms with Crippen molar-refractivity contribution in [1.82, 2.24) is 5.06 Å². The van der Waals surface area contributed by atoms with Crippen LogP contribution in [0.5, 0.6) is 0 Å². The molecule has 1 heterocycles. The molecule has 0 aromatic heterocycles. The maximum Gasteiger partial charge on any atom is 0.0725 e. The summed E-state index contributed by atoms with van der Waals surface area (Å²) in [5.41, 5.74) is 1.57. The summed E-state index contributed by atoms with van der Waals surface area (Å²) in [5, 5.41) is 2.24. The molecule has 112 valence electrons. The van der Waals surface area contributed by atoms with Crippen LogP contribution in [0.25, 0.3) is 0 Å². The molecule has 1 aliphatic heterocycles. The van der Waals surface area contributed by atoms with Gasteiger partial charge in [-0.2, -0.15) is 5.06 Å². The molecular formula is C17H26BrNO. The zero-order valence-electron chi connectivity index (χ0n) is 13.1. The zero-order chi connectivity index (χ0) is 14.8. The summed E-state index contributed by atoms with van der Waals surface area (Å²) in [6.07, 6.45) is 4.64. The minimum absolute atomic E-state index is 0.126. The SMILES string of the molecule is CC1(C)CCCC(C)(C)N1OCCc1ccc(Br)cc1. The first-order valence-corrected chi connectivity index (χ1v) is 8.28. The molecule has 0 bridgehead atoms. The van der Waals surface area contributed by atoms with Gasteiger partial charge in [0.25, 0.3) is 0 Å². The van der Waals surface area contributed by atoms with Gasteiger partial charge in [0, 0.05) is 15.6 Å². The Balaban J connectivity index is 1.93. The van der Waals surface area contributed by atoms with Crippen LogP contribution in [0, 0.1) is 0 Å². The molecule has 2 rings (SSSR count). The Morgan fingerprint density at radius 2 is 1.60 bits per heavy atom. The highest BCUT2D eigenvalue weighted by Gasteiger charge is 2.42. The van der Waals surface area contributed by atoms with Gasteiger partial charge in [-0.3, -0.25) is 4.84 Å². The molecule has 0 N–H and O–H groups in total. The average Bonchev–Trinajstić information content (AvgIpc) is 2.34. The van der Waals surface area contributed by atoms with E-state index in [0.29, 0.717) is 0 Å². The van der Waals surface area contributed by atoms with E-state index < -0.39 is 0 Å². The molecule has 1 fully saturated rings. The van der Waals surface area contributed by atoms with Gasteiger partial charge in [0.05, 0.1) is 6.61 Å². The summed E-state index contributed by atoms with van der Waals surface area (Å²) >= 11 is 3.47. The number of halogens is 1. The highest BCUT2D eigenvalue weighted by Crippen LogP contribution is 2.38. The number of hydrogen-bond acceptors (Lipinski definition) is 2. The Kier molecular flexibility index (Phi) is 4.93. The van der Waals surface area contributed by atoms with E-state index in [4.69, 9.17) is 4.84 Å². The first kappa shape index (κ1) is 16.0. The molecule has 0 radical (unpaired) electrons. The average molecular weight is 340 g/mol. The molecule has 0 atom stereocenters. The topological polar surface area (TPSA) is 12.5 Å². The van der Waals surface area contributed by atoms with Gasteiger partial charge in [0.2, 0.25) is 0 Å². The number of rotatable bonds is 4.